The van der Waals surface area contributed by atoms with Crippen molar-refractivity contribution in [3.8, 4) is 0 Å². The van der Waals surface area contributed by atoms with Gasteiger partial charge in [-0.25, -0.2) is 4.39 Å². The van der Waals surface area contributed by atoms with Gasteiger partial charge < -0.3 is 16.0 Å². The normalized spacial score (nSPS) is 15.4. The summed E-state index contributed by atoms with van der Waals surface area (Å²) in [7, 11) is 0. The number of hydrogen-bond donors (Lipinski definition) is 2. The molecule has 3 rings (SSSR count). The summed E-state index contributed by atoms with van der Waals surface area (Å²) < 4.78 is 13.5. The highest BCUT2D eigenvalue weighted by Gasteiger charge is 2.25. The molecule has 0 unspecified atom stereocenters. The highest BCUT2D eigenvalue weighted by molar-refractivity contribution is 6.03. The van der Waals surface area contributed by atoms with Crippen molar-refractivity contribution in [1.82, 2.24) is 0 Å². The maximum absolute atomic E-state index is 13.5. The molecule has 5 heteroatoms. The van der Waals surface area contributed by atoms with Crippen LogP contribution in [0.15, 0.2) is 42.5 Å². The van der Waals surface area contributed by atoms with Crippen molar-refractivity contribution in [2.75, 3.05) is 16.8 Å². The molecular weight excluding hydrogens is 269 g/mol. The van der Waals surface area contributed by atoms with Gasteiger partial charge >= 0.3 is 0 Å². The summed E-state index contributed by atoms with van der Waals surface area (Å²) >= 11 is 0. The number of carbonyl (C=O) groups excluding carboxylic acids is 1. The first kappa shape index (κ1) is 13.6. The number of halogens is 1. The van der Waals surface area contributed by atoms with Crippen molar-refractivity contribution < 1.29 is 9.18 Å². The Morgan fingerprint density at radius 2 is 2.00 bits per heavy atom. The van der Waals surface area contributed by atoms with Gasteiger partial charge in [-0.1, -0.05) is 12.1 Å². The number of carbonyl (C=O) groups is 1. The third kappa shape index (κ3) is 2.48. The molecule has 0 spiro atoms. The van der Waals surface area contributed by atoms with Gasteiger partial charge in [0.15, 0.2) is 0 Å². The summed E-state index contributed by atoms with van der Waals surface area (Å²) in [6.45, 7) is 1.98. The molecule has 108 valence electrons. The van der Waals surface area contributed by atoms with Gasteiger partial charge in [-0.15, -0.1) is 0 Å². The topological polar surface area (TPSA) is 58.4 Å². The molecular formula is C16H16FN3O. The molecule has 1 aliphatic rings. The third-order valence-electron chi connectivity index (χ3n) is 3.54. The van der Waals surface area contributed by atoms with Gasteiger partial charge in [-0.3, -0.25) is 4.79 Å². The van der Waals surface area contributed by atoms with E-state index in [9.17, 15) is 9.18 Å². The monoisotopic (exact) mass is 285 g/mol. The van der Waals surface area contributed by atoms with Crippen molar-refractivity contribution in [3.05, 3.63) is 53.8 Å². The molecule has 0 bridgehead atoms. The zero-order valence-corrected chi connectivity index (χ0v) is 11.6. The lowest BCUT2D eigenvalue weighted by Gasteiger charge is -2.33. The molecule has 3 N–H and O–H groups in total. The van der Waals surface area contributed by atoms with Crippen LogP contribution in [-0.2, 0) is 4.79 Å². The van der Waals surface area contributed by atoms with Crippen LogP contribution in [0.2, 0.25) is 0 Å². The summed E-state index contributed by atoms with van der Waals surface area (Å²) in [5, 5.41) is 2.83. The minimum absolute atomic E-state index is 0.103. The number of hydrogen-bond acceptors (Lipinski definition) is 3. The minimum atomic E-state index is -0.333. The number of rotatable bonds is 2. The van der Waals surface area contributed by atoms with Crippen LogP contribution >= 0.6 is 0 Å². The highest BCUT2D eigenvalue weighted by Crippen LogP contribution is 2.37. The van der Waals surface area contributed by atoms with Crippen LogP contribution in [0.3, 0.4) is 0 Å². The number of fused-ring (bicyclic) bond motifs is 1. The molecule has 2 aromatic rings. The summed E-state index contributed by atoms with van der Waals surface area (Å²) in [5.41, 5.74) is 9.01. The predicted molar refractivity (Wildman–Crippen MR) is 81.1 cm³/mol. The third-order valence-corrected chi connectivity index (χ3v) is 3.54. The Morgan fingerprint density at radius 1 is 1.24 bits per heavy atom. The first-order valence-electron chi connectivity index (χ1n) is 6.77. The second-order valence-electron chi connectivity index (χ2n) is 5.14. The standard InChI is InChI=1S/C16H16FN3O/c1-10(18)12-8-11(17)6-7-14(12)20-9-16(21)19-13-4-2-3-5-15(13)20/h2-8,10H,9,18H2,1H3,(H,19,21)/t10-/m1/s1. The smallest absolute Gasteiger partial charge is 0.244 e. The first-order chi connectivity index (χ1) is 10.1. The fourth-order valence-corrected chi connectivity index (χ4v) is 2.58. The summed E-state index contributed by atoms with van der Waals surface area (Å²) in [6.07, 6.45) is 0. The molecule has 1 atom stereocenters. The molecule has 0 saturated carbocycles. The minimum Gasteiger partial charge on any atom is -0.330 e. The zero-order valence-electron chi connectivity index (χ0n) is 11.6. The molecule has 4 nitrogen and oxygen atoms in total. The van der Waals surface area contributed by atoms with Gasteiger partial charge in [0.05, 0.1) is 11.4 Å². The van der Waals surface area contributed by atoms with Crippen molar-refractivity contribution in [1.29, 1.82) is 0 Å². The largest absolute Gasteiger partial charge is 0.330 e. The summed E-state index contributed by atoms with van der Waals surface area (Å²) in [5.74, 6) is -0.436. The highest BCUT2D eigenvalue weighted by atomic mass is 19.1. The quantitative estimate of drug-likeness (QED) is 0.892. The lowest BCUT2D eigenvalue weighted by Crippen LogP contribution is -2.35. The van der Waals surface area contributed by atoms with Crippen molar-refractivity contribution >= 4 is 23.0 Å². The van der Waals surface area contributed by atoms with Gasteiger partial charge in [0.1, 0.15) is 12.4 Å². The van der Waals surface area contributed by atoms with E-state index < -0.39 is 0 Å². The predicted octanol–water partition coefficient (Wildman–Crippen LogP) is 2.94. The molecule has 1 aliphatic heterocycles. The van der Waals surface area contributed by atoms with Crippen LogP contribution in [0.25, 0.3) is 0 Å². The Bertz CT molecular complexity index is 700. The van der Waals surface area contributed by atoms with Crippen LogP contribution in [0.4, 0.5) is 21.5 Å². The molecule has 0 fully saturated rings. The van der Waals surface area contributed by atoms with Crippen LogP contribution < -0.4 is 16.0 Å². The molecule has 2 aromatic carbocycles. The lowest BCUT2D eigenvalue weighted by atomic mass is 10.0. The van der Waals surface area contributed by atoms with E-state index in [1.54, 1.807) is 13.0 Å². The zero-order chi connectivity index (χ0) is 15.0. The van der Waals surface area contributed by atoms with E-state index in [0.717, 1.165) is 17.1 Å². The number of nitrogens with two attached hydrogens (primary N) is 1. The van der Waals surface area contributed by atoms with Gasteiger partial charge in [0.25, 0.3) is 0 Å². The molecule has 0 saturated heterocycles. The second-order valence-corrected chi connectivity index (χ2v) is 5.14. The average Bonchev–Trinajstić information content (AvgIpc) is 2.46. The van der Waals surface area contributed by atoms with Crippen LogP contribution in [0, 0.1) is 5.82 Å². The Morgan fingerprint density at radius 3 is 2.76 bits per heavy atom. The molecule has 0 radical (unpaired) electrons. The van der Waals surface area contributed by atoms with Crippen molar-refractivity contribution in [2.45, 2.75) is 13.0 Å². The van der Waals surface area contributed by atoms with Gasteiger partial charge in [-0.05, 0) is 42.8 Å². The molecule has 0 aliphatic carbocycles. The number of benzene rings is 2. The fraction of sp³-hybridized carbons (Fsp3) is 0.188. The number of nitrogens with zero attached hydrogens (tertiary/aromatic N) is 1. The Labute approximate surface area is 122 Å². The Kier molecular flexibility index (Phi) is 3.35. The first-order valence-corrected chi connectivity index (χ1v) is 6.77. The number of para-hydroxylation sites is 2. The van der Waals surface area contributed by atoms with Crippen molar-refractivity contribution in [2.24, 2.45) is 5.73 Å². The number of anilines is 3. The SMILES string of the molecule is C[C@@H](N)c1cc(F)ccc1N1CC(=O)Nc2ccccc21. The van der Waals surface area contributed by atoms with E-state index >= 15 is 0 Å². The van der Waals surface area contributed by atoms with Gasteiger partial charge in [0, 0.05) is 11.7 Å². The lowest BCUT2D eigenvalue weighted by molar-refractivity contribution is -0.115. The Hall–Kier alpha value is -2.40. The average molecular weight is 285 g/mol. The number of amides is 1. The van der Waals surface area contributed by atoms with Gasteiger partial charge in [-0.2, -0.15) is 0 Å². The van der Waals surface area contributed by atoms with E-state index in [2.05, 4.69) is 5.32 Å². The number of nitrogens with one attached hydrogen (secondary N) is 1. The maximum Gasteiger partial charge on any atom is 0.244 e. The van der Waals surface area contributed by atoms with E-state index in [1.807, 2.05) is 29.2 Å². The molecule has 1 amide bonds. The maximum atomic E-state index is 13.5. The second kappa shape index (κ2) is 5.18. The van der Waals surface area contributed by atoms with E-state index in [1.165, 1.54) is 12.1 Å². The summed E-state index contributed by atoms with van der Waals surface area (Å²) in [6, 6.07) is 11.7. The molecule has 1 heterocycles. The van der Waals surface area contributed by atoms with Crippen molar-refractivity contribution in [3.63, 3.8) is 0 Å². The van der Waals surface area contributed by atoms with Gasteiger partial charge in [0.2, 0.25) is 5.91 Å². The van der Waals surface area contributed by atoms with Crippen LogP contribution in [0.1, 0.15) is 18.5 Å². The van der Waals surface area contributed by atoms with E-state index in [0.29, 0.717) is 5.56 Å². The van der Waals surface area contributed by atoms with Crippen LogP contribution in [-0.4, -0.2) is 12.5 Å². The van der Waals surface area contributed by atoms with E-state index in [4.69, 9.17) is 5.73 Å². The van der Waals surface area contributed by atoms with Crippen LogP contribution in [0.5, 0.6) is 0 Å². The fourth-order valence-electron chi connectivity index (χ4n) is 2.58. The molecule has 0 aromatic heterocycles. The summed E-state index contributed by atoms with van der Waals surface area (Å²) in [4.78, 5) is 13.8. The Balaban J connectivity index is 2.15. The van der Waals surface area contributed by atoms with E-state index in [-0.39, 0.29) is 24.3 Å². The molecule has 21 heavy (non-hydrogen) atoms.